The molecule has 2 heterocycles. The Kier molecular flexibility index (Phi) is 5.97. The first-order valence-corrected chi connectivity index (χ1v) is 12.6. The molecule has 166 valence electrons. The Morgan fingerprint density at radius 1 is 0.903 bits per heavy atom. The van der Waals surface area contributed by atoms with E-state index in [1.54, 1.807) is 12.1 Å². The molecule has 0 saturated carbocycles. The monoisotopic (exact) mass is 440 g/mol. The van der Waals surface area contributed by atoms with Crippen molar-refractivity contribution in [2.45, 2.75) is 56.9 Å². The lowest BCUT2D eigenvalue weighted by Crippen LogP contribution is -2.45. The molecule has 4 rings (SSSR count). The molecule has 6 heteroatoms. The number of hydrogen-bond acceptors (Lipinski definition) is 3. The van der Waals surface area contributed by atoms with E-state index in [4.69, 9.17) is 0 Å². The van der Waals surface area contributed by atoms with Gasteiger partial charge in [-0.2, -0.15) is 4.31 Å². The molecule has 1 fully saturated rings. The van der Waals surface area contributed by atoms with E-state index in [1.807, 2.05) is 29.2 Å². The number of benzene rings is 2. The molecule has 0 atom stereocenters. The highest BCUT2D eigenvalue weighted by Crippen LogP contribution is 2.29. The number of fused-ring (bicyclic) bond motifs is 1. The van der Waals surface area contributed by atoms with E-state index < -0.39 is 10.0 Å². The second-order valence-electron chi connectivity index (χ2n) is 9.73. The molecule has 5 nitrogen and oxygen atoms in total. The molecule has 2 aliphatic rings. The van der Waals surface area contributed by atoms with Crippen LogP contribution in [0.25, 0.3) is 0 Å². The number of carbonyl (C=O) groups excluding carboxylic acids is 1. The first-order chi connectivity index (χ1) is 14.7. The number of piperidine rings is 1. The maximum Gasteiger partial charge on any atom is 0.243 e. The number of rotatable bonds is 3. The van der Waals surface area contributed by atoms with Crippen molar-refractivity contribution < 1.29 is 13.2 Å². The quantitative estimate of drug-likeness (QED) is 0.726. The molecule has 0 N–H and O–H groups in total. The van der Waals surface area contributed by atoms with Crippen LogP contribution >= 0.6 is 0 Å². The van der Waals surface area contributed by atoms with Crippen LogP contribution in [0.5, 0.6) is 0 Å². The summed E-state index contributed by atoms with van der Waals surface area (Å²) in [7, 11) is -3.53. The summed E-state index contributed by atoms with van der Waals surface area (Å²) in [5.41, 5.74) is 3.64. The predicted octanol–water partition coefficient (Wildman–Crippen LogP) is 3.97. The zero-order valence-corrected chi connectivity index (χ0v) is 19.5. The largest absolute Gasteiger partial charge is 0.338 e. The van der Waals surface area contributed by atoms with E-state index in [-0.39, 0.29) is 17.2 Å². The molecule has 2 aromatic carbocycles. The van der Waals surface area contributed by atoms with Gasteiger partial charge in [-0.3, -0.25) is 4.79 Å². The van der Waals surface area contributed by atoms with E-state index in [1.165, 1.54) is 15.4 Å². The normalized spacial score (nSPS) is 18.6. The Morgan fingerprint density at radius 3 is 2.13 bits per heavy atom. The fourth-order valence-corrected chi connectivity index (χ4v) is 6.03. The first kappa shape index (κ1) is 22.0. The molecule has 0 aromatic heterocycles. The summed E-state index contributed by atoms with van der Waals surface area (Å²) in [5.74, 6) is 0.0704. The minimum absolute atomic E-state index is 0.0179. The Labute approximate surface area is 186 Å². The molecule has 0 unspecified atom stereocenters. The third-order valence-corrected chi connectivity index (χ3v) is 8.52. The molecular weight excluding hydrogens is 408 g/mol. The van der Waals surface area contributed by atoms with Gasteiger partial charge in [-0.25, -0.2) is 8.42 Å². The lowest BCUT2D eigenvalue weighted by atomic mass is 9.87. The summed E-state index contributed by atoms with van der Waals surface area (Å²) in [6, 6.07) is 15.5. The number of sulfonamides is 1. The van der Waals surface area contributed by atoms with Crippen molar-refractivity contribution in [1.29, 1.82) is 0 Å². The molecule has 31 heavy (non-hydrogen) atoms. The van der Waals surface area contributed by atoms with Crippen molar-refractivity contribution >= 4 is 15.9 Å². The third kappa shape index (κ3) is 4.55. The van der Waals surface area contributed by atoms with Crippen molar-refractivity contribution in [3.8, 4) is 0 Å². The van der Waals surface area contributed by atoms with E-state index >= 15 is 0 Å². The average Bonchev–Trinajstić information content (AvgIpc) is 2.78. The molecule has 1 saturated heterocycles. The van der Waals surface area contributed by atoms with Gasteiger partial charge in [0, 0.05) is 32.1 Å². The minimum Gasteiger partial charge on any atom is -0.338 e. The molecule has 0 aliphatic carbocycles. The topological polar surface area (TPSA) is 57.7 Å². The lowest BCUT2D eigenvalue weighted by Gasteiger charge is -2.35. The molecule has 0 spiro atoms. The third-order valence-electron chi connectivity index (χ3n) is 6.60. The van der Waals surface area contributed by atoms with Crippen LogP contribution in [0.4, 0.5) is 0 Å². The lowest BCUT2D eigenvalue weighted by molar-refractivity contribution is -0.137. The SMILES string of the molecule is CC(C)(C)c1ccc(S(=O)(=O)N2CCC(C(=O)N3CCc4ccccc4C3)CC2)cc1. The number of carbonyl (C=O) groups is 1. The molecular formula is C25H32N2O3S. The van der Waals surface area contributed by atoms with Gasteiger partial charge in [-0.05, 0) is 53.5 Å². The Balaban J connectivity index is 1.38. The summed E-state index contributed by atoms with van der Waals surface area (Å²) in [5, 5.41) is 0. The molecule has 0 radical (unpaired) electrons. The second-order valence-corrected chi connectivity index (χ2v) is 11.7. The van der Waals surface area contributed by atoms with E-state index in [0.29, 0.717) is 37.4 Å². The van der Waals surface area contributed by atoms with Crippen molar-refractivity contribution in [1.82, 2.24) is 9.21 Å². The van der Waals surface area contributed by atoms with Crippen molar-refractivity contribution in [2.75, 3.05) is 19.6 Å². The van der Waals surface area contributed by atoms with Gasteiger partial charge in [-0.15, -0.1) is 0 Å². The van der Waals surface area contributed by atoms with Crippen LogP contribution in [0, 0.1) is 5.92 Å². The van der Waals surface area contributed by atoms with Crippen LogP contribution in [0.15, 0.2) is 53.4 Å². The van der Waals surface area contributed by atoms with E-state index in [0.717, 1.165) is 18.5 Å². The number of hydrogen-bond donors (Lipinski definition) is 0. The summed E-state index contributed by atoms with van der Waals surface area (Å²) in [6.45, 7) is 8.52. The highest BCUT2D eigenvalue weighted by atomic mass is 32.2. The van der Waals surface area contributed by atoms with E-state index in [9.17, 15) is 13.2 Å². The van der Waals surface area contributed by atoms with Crippen LogP contribution in [-0.2, 0) is 33.2 Å². The summed E-state index contributed by atoms with van der Waals surface area (Å²) in [4.78, 5) is 15.4. The fraction of sp³-hybridized carbons (Fsp3) is 0.480. The average molecular weight is 441 g/mol. The van der Waals surface area contributed by atoms with Gasteiger partial charge < -0.3 is 4.90 Å². The zero-order valence-electron chi connectivity index (χ0n) is 18.7. The minimum atomic E-state index is -3.53. The van der Waals surface area contributed by atoms with Crippen molar-refractivity contribution in [3.05, 3.63) is 65.2 Å². The number of amides is 1. The van der Waals surface area contributed by atoms with Gasteiger partial charge in [-0.1, -0.05) is 57.2 Å². The standard InChI is InChI=1S/C25H32N2O3S/c1-25(2,3)22-8-10-23(11-9-22)31(29,30)27-16-13-20(14-17-27)24(28)26-15-12-19-6-4-5-7-21(19)18-26/h4-11,20H,12-18H2,1-3H3. The van der Waals surface area contributed by atoms with Crippen LogP contribution in [0.3, 0.4) is 0 Å². The molecule has 2 aromatic rings. The van der Waals surface area contributed by atoms with Crippen LogP contribution < -0.4 is 0 Å². The van der Waals surface area contributed by atoms with Gasteiger partial charge in [0.1, 0.15) is 0 Å². The van der Waals surface area contributed by atoms with Gasteiger partial charge in [0.05, 0.1) is 4.90 Å². The highest BCUT2D eigenvalue weighted by molar-refractivity contribution is 7.89. The van der Waals surface area contributed by atoms with Crippen molar-refractivity contribution in [3.63, 3.8) is 0 Å². The predicted molar refractivity (Wildman–Crippen MR) is 122 cm³/mol. The zero-order chi connectivity index (χ0) is 22.2. The summed E-state index contributed by atoms with van der Waals surface area (Å²) < 4.78 is 27.7. The Morgan fingerprint density at radius 2 is 1.52 bits per heavy atom. The summed E-state index contributed by atoms with van der Waals surface area (Å²) >= 11 is 0. The molecule has 2 aliphatic heterocycles. The molecule has 1 amide bonds. The van der Waals surface area contributed by atoms with Gasteiger partial charge in [0.15, 0.2) is 0 Å². The Hall–Kier alpha value is -2.18. The summed E-state index contributed by atoms with van der Waals surface area (Å²) in [6.07, 6.45) is 2.05. The maximum atomic E-state index is 13.1. The molecule has 0 bridgehead atoms. The van der Waals surface area contributed by atoms with Gasteiger partial charge in [0.25, 0.3) is 0 Å². The second kappa shape index (κ2) is 8.40. The van der Waals surface area contributed by atoms with Crippen LogP contribution in [0.2, 0.25) is 0 Å². The van der Waals surface area contributed by atoms with Crippen LogP contribution in [-0.4, -0.2) is 43.2 Å². The van der Waals surface area contributed by atoms with Crippen LogP contribution in [0.1, 0.15) is 50.3 Å². The fourth-order valence-electron chi connectivity index (χ4n) is 4.56. The highest BCUT2D eigenvalue weighted by Gasteiger charge is 2.34. The maximum absolute atomic E-state index is 13.1. The first-order valence-electron chi connectivity index (χ1n) is 11.1. The van der Waals surface area contributed by atoms with Gasteiger partial charge >= 0.3 is 0 Å². The smallest absolute Gasteiger partial charge is 0.243 e. The number of nitrogens with zero attached hydrogens (tertiary/aromatic N) is 2. The van der Waals surface area contributed by atoms with Gasteiger partial charge in [0.2, 0.25) is 15.9 Å². The Bertz CT molecular complexity index is 1050. The van der Waals surface area contributed by atoms with E-state index in [2.05, 4.69) is 32.9 Å². The van der Waals surface area contributed by atoms with Crippen molar-refractivity contribution in [2.24, 2.45) is 5.92 Å².